The minimum absolute atomic E-state index is 0.108. The Morgan fingerprint density at radius 1 is 1.02 bits per heavy atom. The first-order chi connectivity index (χ1) is 18.8. The van der Waals surface area contributed by atoms with E-state index >= 15 is 0 Å². The maximum Gasteiger partial charge on any atom is 0.452 e. The van der Waals surface area contributed by atoms with Gasteiger partial charge in [-0.3, -0.25) is 14.4 Å². The maximum absolute atomic E-state index is 13.6. The van der Waals surface area contributed by atoms with E-state index in [1.807, 2.05) is 4.90 Å². The molecule has 0 aliphatic carbocycles. The predicted octanol–water partition coefficient (Wildman–Crippen LogP) is 4.55. The van der Waals surface area contributed by atoms with Crippen molar-refractivity contribution in [2.45, 2.75) is 32.9 Å². The van der Waals surface area contributed by atoms with Gasteiger partial charge in [0.05, 0.1) is 17.3 Å². The van der Waals surface area contributed by atoms with Crippen LogP contribution in [0.15, 0.2) is 53.1 Å². The molecule has 212 valence electrons. The van der Waals surface area contributed by atoms with Crippen molar-refractivity contribution < 1.29 is 37.1 Å². The van der Waals surface area contributed by atoms with Crippen LogP contribution in [-0.4, -0.2) is 63.9 Å². The summed E-state index contributed by atoms with van der Waals surface area (Å²) in [7, 11) is 0. The van der Waals surface area contributed by atoms with E-state index in [1.54, 1.807) is 29.2 Å². The molecule has 40 heavy (non-hydrogen) atoms. The quantitative estimate of drug-likeness (QED) is 0.432. The minimum Gasteiger partial charge on any atom is -0.481 e. The van der Waals surface area contributed by atoms with Gasteiger partial charge in [0.1, 0.15) is 5.82 Å². The lowest BCUT2D eigenvalue weighted by molar-refractivity contribution is -0.153. The average molecular weight is 560 g/mol. The van der Waals surface area contributed by atoms with Crippen molar-refractivity contribution in [3.05, 3.63) is 60.1 Å². The van der Waals surface area contributed by atoms with Crippen molar-refractivity contribution in [3.63, 3.8) is 0 Å². The van der Waals surface area contributed by atoms with E-state index in [4.69, 9.17) is 4.42 Å². The Labute approximate surface area is 227 Å². The second-order valence-corrected chi connectivity index (χ2v) is 10.0. The number of carboxylic acids is 1. The highest BCUT2D eigenvalue weighted by atomic mass is 19.4. The number of aromatic nitrogens is 2. The first kappa shape index (κ1) is 28.6. The van der Waals surface area contributed by atoms with E-state index < -0.39 is 34.9 Å². The van der Waals surface area contributed by atoms with Crippen LogP contribution in [0.4, 0.5) is 24.7 Å². The molecule has 1 saturated heterocycles. The van der Waals surface area contributed by atoms with Gasteiger partial charge in [0, 0.05) is 38.2 Å². The number of nitrogens with zero attached hydrogens (tertiary/aromatic N) is 4. The number of nitrogens with one attached hydrogen (secondary N) is 1. The molecule has 1 aliphatic rings. The number of aliphatic carboxylic acids is 1. The van der Waals surface area contributed by atoms with Crippen molar-refractivity contribution in [1.29, 1.82) is 0 Å². The van der Waals surface area contributed by atoms with Gasteiger partial charge in [-0.15, -0.1) is 0 Å². The van der Waals surface area contributed by atoms with Gasteiger partial charge in [-0.2, -0.15) is 13.2 Å². The summed E-state index contributed by atoms with van der Waals surface area (Å²) in [6, 6.07) is 11.1. The number of oxazole rings is 1. The third-order valence-corrected chi connectivity index (χ3v) is 6.47. The minimum atomic E-state index is -4.93. The summed E-state index contributed by atoms with van der Waals surface area (Å²) in [6.45, 7) is 4.91. The lowest BCUT2D eigenvalue weighted by atomic mass is 9.89. The molecule has 1 fully saturated rings. The number of amides is 2. The van der Waals surface area contributed by atoms with Crippen LogP contribution in [0.25, 0.3) is 11.5 Å². The van der Waals surface area contributed by atoms with Gasteiger partial charge >= 0.3 is 12.1 Å². The zero-order chi connectivity index (χ0) is 29.1. The van der Waals surface area contributed by atoms with Gasteiger partial charge in [-0.25, -0.2) is 9.97 Å². The number of hydrogen-bond acceptors (Lipinski definition) is 7. The standard InChI is InChI=1S/C27H28F3N5O5/c1-26(2,25(38)39)15-20(36)35-12-6-11-34(13-14-35)19-10-9-18(16-31-19)32-23(37)21-22(27(28,29)30)40-24(33-21)17-7-4-3-5-8-17/h3-5,7-10,16H,6,11-15H2,1-2H3,(H,32,37)(H,38,39). The van der Waals surface area contributed by atoms with Crippen molar-refractivity contribution in [2.24, 2.45) is 5.41 Å². The molecular formula is C27H28F3N5O5. The number of pyridine rings is 1. The molecule has 10 nitrogen and oxygen atoms in total. The Bertz CT molecular complexity index is 1370. The van der Waals surface area contributed by atoms with E-state index in [2.05, 4.69) is 15.3 Å². The normalized spacial score (nSPS) is 14.5. The van der Waals surface area contributed by atoms with Crippen LogP contribution >= 0.6 is 0 Å². The molecule has 1 aliphatic heterocycles. The third-order valence-electron chi connectivity index (χ3n) is 6.47. The highest BCUT2D eigenvalue weighted by molar-refractivity contribution is 6.04. The molecule has 0 radical (unpaired) electrons. The number of halogens is 3. The molecule has 1 aromatic carbocycles. The fraction of sp³-hybridized carbons (Fsp3) is 0.370. The van der Waals surface area contributed by atoms with Gasteiger partial charge < -0.3 is 24.6 Å². The molecule has 13 heteroatoms. The Kier molecular flexibility index (Phi) is 8.12. The molecular weight excluding hydrogens is 531 g/mol. The van der Waals surface area contributed by atoms with Gasteiger partial charge in [0.2, 0.25) is 17.6 Å². The second kappa shape index (κ2) is 11.4. The molecule has 0 unspecified atom stereocenters. The highest BCUT2D eigenvalue weighted by Crippen LogP contribution is 2.35. The summed E-state index contributed by atoms with van der Waals surface area (Å²) in [6.07, 6.45) is -3.08. The smallest absolute Gasteiger partial charge is 0.452 e. The topological polar surface area (TPSA) is 129 Å². The van der Waals surface area contributed by atoms with Crippen LogP contribution in [-0.2, 0) is 15.8 Å². The third kappa shape index (κ3) is 6.58. The first-order valence-corrected chi connectivity index (χ1v) is 12.5. The zero-order valence-electron chi connectivity index (χ0n) is 21.9. The summed E-state index contributed by atoms with van der Waals surface area (Å²) in [5.41, 5.74) is -1.60. The fourth-order valence-electron chi connectivity index (χ4n) is 4.17. The molecule has 0 bridgehead atoms. The molecule has 0 saturated carbocycles. The summed E-state index contributed by atoms with van der Waals surface area (Å²) in [5, 5.41) is 11.7. The van der Waals surface area contributed by atoms with Crippen LogP contribution < -0.4 is 10.2 Å². The SMILES string of the molecule is CC(C)(CC(=O)N1CCCN(c2ccc(NC(=O)c3nc(-c4ccccc4)oc3C(F)(F)F)cn2)CC1)C(=O)O. The summed E-state index contributed by atoms with van der Waals surface area (Å²) in [4.78, 5) is 48.5. The van der Waals surface area contributed by atoms with Crippen LogP contribution in [0.3, 0.4) is 0 Å². The number of carbonyl (C=O) groups is 3. The van der Waals surface area contributed by atoms with Crippen LogP contribution in [0.5, 0.6) is 0 Å². The lowest BCUT2D eigenvalue weighted by Crippen LogP contribution is -2.39. The van der Waals surface area contributed by atoms with E-state index in [0.29, 0.717) is 44.0 Å². The first-order valence-electron chi connectivity index (χ1n) is 12.5. The average Bonchev–Trinajstić information content (AvgIpc) is 3.23. The molecule has 3 heterocycles. The Morgan fingerprint density at radius 2 is 1.75 bits per heavy atom. The maximum atomic E-state index is 13.6. The molecule has 4 rings (SSSR count). The number of benzene rings is 1. The monoisotopic (exact) mass is 559 g/mol. The van der Waals surface area contributed by atoms with E-state index in [-0.39, 0.29) is 23.9 Å². The number of carboxylic acid groups (broad SMARTS) is 1. The van der Waals surface area contributed by atoms with Crippen molar-refractivity contribution >= 4 is 29.3 Å². The number of hydrogen-bond donors (Lipinski definition) is 2. The summed E-state index contributed by atoms with van der Waals surface area (Å²) in [5.74, 6) is -3.64. The molecule has 2 aromatic heterocycles. The van der Waals surface area contributed by atoms with E-state index in [0.717, 1.165) is 0 Å². The Balaban J connectivity index is 1.42. The van der Waals surface area contributed by atoms with Crippen molar-refractivity contribution in [3.8, 4) is 11.5 Å². The van der Waals surface area contributed by atoms with Crippen molar-refractivity contribution in [2.75, 3.05) is 36.4 Å². The van der Waals surface area contributed by atoms with Gasteiger partial charge in [-0.1, -0.05) is 18.2 Å². The Hall–Kier alpha value is -4.42. The van der Waals surface area contributed by atoms with Gasteiger partial charge in [-0.05, 0) is 44.5 Å². The largest absolute Gasteiger partial charge is 0.481 e. The van der Waals surface area contributed by atoms with Crippen LogP contribution in [0.1, 0.15) is 42.9 Å². The van der Waals surface area contributed by atoms with Gasteiger partial charge in [0.25, 0.3) is 5.91 Å². The predicted molar refractivity (Wildman–Crippen MR) is 139 cm³/mol. The molecule has 0 spiro atoms. The molecule has 2 N–H and O–H groups in total. The number of anilines is 2. The number of alkyl halides is 3. The summed E-state index contributed by atoms with van der Waals surface area (Å²) < 4.78 is 45.7. The zero-order valence-corrected chi connectivity index (χ0v) is 21.9. The summed E-state index contributed by atoms with van der Waals surface area (Å²) >= 11 is 0. The molecule has 3 aromatic rings. The fourth-order valence-corrected chi connectivity index (χ4v) is 4.17. The lowest BCUT2D eigenvalue weighted by Gasteiger charge is -2.26. The Morgan fingerprint density at radius 3 is 2.38 bits per heavy atom. The highest BCUT2D eigenvalue weighted by Gasteiger charge is 2.42. The molecule has 2 amide bonds. The van der Waals surface area contributed by atoms with Crippen molar-refractivity contribution in [1.82, 2.24) is 14.9 Å². The molecule has 0 atom stereocenters. The number of rotatable bonds is 7. The van der Waals surface area contributed by atoms with E-state index in [1.165, 1.54) is 38.2 Å². The van der Waals surface area contributed by atoms with Crippen LogP contribution in [0.2, 0.25) is 0 Å². The van der Waals surface area contributed by atoms with Gasteiger partial charge in [0.15, 0.2) is 5.69 Å². The van der Waals surface area contributed by atoms with Crippen LogP contribution in [0, 0.1) is 5.41 Å². The second-order valence-electron chi connectivity index (χ2n) is 10.0. The van der Waals surface area contributed by atoms with E-state index in [9.17, 15) is 32.7 Å². The number of carbonyl (C=O) groups excluding carboxylic acids is 2.